The Morgan fingerprint density at radius 2 is 1.97 bits per heavy atom. The van der Waals surface area contributed by atoms with Crippen molar-refractivity contribution in [1.29, 1.82) is 0 Å². The van der Waals surface area contributed by atoms with Gasteiger partial charge >= 0.3 is 0 Å². The predicted octanol–water partition coefficient (Wildman–Crippen LogP) is 2.40. The van der Waals surface area contributed by atoms with Crippen molar-refractivity contribution in [2.75, 3.05) is 12.4 Å². The van der Waals surface area contributed by atoms with Gasteiger partial charge in [0.25, 0.3) is 5.91 Å². The van der Waals surface area contributed by atoms with Crippen LogP contribution in [0, 0.1) is 6.92 Å². The minimum atomic E-state index is -0.271. The molecule has 0 aliphatic heterocycles. The van der Waals surface area contributed by atoms with Gasteiger partial charge in [0.15, 0.2) is 0 Å². The number of nitrogens with zero attached hydrogens (tertiary/aromatic N) is 7. The van der Waals surface area contributed by atoms with E-state index in [0.717, 1.165) is 16.9 Å². The Kier molecular flexibility index (Phi) is 4.67. The average molecular weight is 391 g/mol. The molecule has 0 saturated heterocycles. The maximum atomic E-state index is 11.7. The van der Waals surface area contributed by atoms with Gasteiger partial charge in [-0.25, -0.2) is 19.9 Å². The van der Waals surface area contributed by atoms with Crippen molar-refractivity contribution in [1.82, 2.24) is 39.4 Å². The molecular formula is C19H21N9O. The number of fused-ring (bicyclic) bond motifs is 1. The standard InChI is InChI=1S/C19H21N9O/c1-11(2)28-12(3)24-13-8-22-17(7-15(13)28)25-16-5-6-21-19(26-16)27-9-14(23-10-27)18(29)20-4/h5-11H,1-4H3,(H,20,29)(H,21,22,25,26). The zero-order chi connectivity index (χ0) is 20.5. The maximum Gasteiger partial charge on any atom is 0.271 e. The lowest BCUT2D eigenvalue weighted by molar-refractivity contribution is 0.0958. The van der Waals surface area contributed by atoms with Gasteiger partial charge in [-0.2, -0.15) is 4.98 Å². The van der Waals surface area contributed by atoms with Crippen LogP contribution in [0.25, 0.3) is 17.0 Å². The van der Waals surface area contributed by atoms with E-state index in [1.54, 1.807) is 36.3 Å². The SMILES string of the molecule is CNC(=O)c1cn(-c2nccc(Nc3cc4c(cn3)nc(C)n4C(C)C)n2)cn1. The molecule has 0 unspecified atom stereocenters. The molecular weight excluding hydrogens is 370 g/mol. The Hall–Kier alpha value is -3.82. The van der Waals surface area contributed by atoms with Crippen LogP contribution in [0.2, 0.25) is 0 Å². The first-order valence-corrected chi connectivity index (χ1v) is 9.17. The second-order valence-corrected chi connectivity index (χ2v) is 6.79. The highest BCUT2D eigenvalue weighted by atomic mass is 16.1. The molecule has 0 radical (unpaired) electrons. The molecule has 148 valence electrons. The van der Waals surface area contributed by atoms with Crippen LogP contribution in [-0.2, 0) is 0 Å². The summed E-state index contributed by atoms with van der Waals surface area (Å²) in [5.74, 6) is 2.30. The smallest absolute Gasteiger partial charge is 0.271 e. The highest BCUT2D eigenvalue weighted by Gasteiger charge is 2.13. The zero-order valence-electron chi connectivity index (χ0n) is 16.6. The number of carbonyl (C=O) groups excluding carboxylic acids is 1. The molecule has 0 aliphatic carbocycles. The second kappa shape index (κ2) is 7.30. The molecule has 0 bridgehead atoms. The third-order valence-corrected chi connectivity index (χ3v) is 4.44. The van der Waals surface area contributed by atoms with Crippen LogP contribution in [-0.4, -0.2) is 47.0 Å². The summed E-state index contributed by atoms with van der Waals surface area (Å²) in [6.07, 6.45) is 6.45. The Morgan fingerprint density at radius 1 is 1.14 bits per heavy atom. The number of carbonyl (C=O) groups is 1. The highest BCUT2D eigenvalue weighted by molar-refractivity contribution is 5.91. The number of aromatic nitrogens is 7. The molecule has 0 atom stereocenters. The van der Waals surface area contributed by atoms with Crippen molar-refractivity contribution in [3.05, 3.63) is 48.6 Å². The number of hydrogen-bond acceptors (Lipinski definition) is 7. The first-order valence-electron chi connectivity index (χ1n) is 9.17. The molecule has 1 amide bonds. The van der Waals surface area contributed by atoms with Crippen molar-refractivity contribution in [3.63, 3.8) is 0 Å². The highest BCUT2D eigenvalue weighted by Crippen LogP contribution is 2.23. The Labute approximate surface area is 167 Å². The fraction of sp³-hybridized carbons (Fsp3) is 0.263. The molecule has 2 N–H and O–H groups in total. The second-order valence-electron chi connectivity index (χ2n) is 6.79. The van der Waals surface area contributed by atoms with Crippen LogP contribution >= 0.6 is 0 Å². The lowest BCUT2D eigenvalue weighted by Crippen LogP contribution is -2.18. The minimum absolute atomic E-state index is 0.271. The molecule has 0 aliphatic rings. The molecule has 29 heavy (non-hydrogen) atoms. The summed E-state index contributed by atoms with van der Waals surface area (Å²) in [7, 11) is 1.55. The van der Waals surface area contributed by atoms with E-state index in [1.807, 2.05) is 13.0 Å². The number of amides is 1. The number of imidazole rings is 2. The van der Waals surface area contributed by atoms with Crippen molar-refractivity contribution < 1.29 is 4.79 Å². The number of anilines is 2. The maximum absolute atomic E-state index is 11.7. The number of rotatable bonds is 5. The number of aryl methyl sites for hydroxylation is 1. The van der Waals surface area contributed by atoms with Gasteiger partial charge in [-0.05, 0) is 26.8 Å². The molecule has 0 spiro atoms. The van der Waals surface area contributed by atoms with Crippen LogP contribution < -0.4 is 10.6 Å². The molecule has 4 aromatic rings. The molecule has 0 saturated carbocycles. The number of pyridine rings is 1. The number of nitrogens with one attached hydrogen (secondary N) is 2. The van der Waals surface area contributed by atoms with E-state index in [2.05, 4.69) is 54.0 Å². The molecule has 10 heteroatoms. The molecule has 4 heterocycles. The van der Waals surface area contributed by atoms with E-state index in [9.17, 15) is 4.79 Å². The first-order chi connectivity index (χ1) is 14.0. The molecule has 4 rings (SSSR count). The summed E-state index contributed by atoms with van der Waals surface area (Å²) < 4.78 is 3.75. The number of hydrogen-bond donors (Lipinski definition) is 2. The minimum Gasteiger partial charge on any atom is -0.354 e. The van der Waals surface area contributed by atoms with Crippen molar-refractivity contribution >= 4 is 28.6 Å². The van der Waals surface area contributed by atoms with E-state index < -0.39 is 0 Å². The van der Waals surface area contributed by atoms with Crippen LogP contribution in [0.4, 0.5) is 11.6 Å². The third-order valence-electron chi connectivity index (χ3n) is 4.44. The average Bonchev–Trinajstić information content (AvgIpc) is 3.31. The van der Waals surface area contributed by atoms with Gasteiger partial charge in [-0.15, -0.1) is 0 Å². The van der Waals surface area contributed by atoms with Gasteiger partial charge < -0.3 is 15.2 Å². The van der Waals surface area contributed by atoms with Gasteiger partial charge in [-0.1, -0.05) is 0 Å². The monoisotopic (exact) mass is 391 g/mol. The van der Waals surface area contributed by atoms with E-state index in [1.165, 1.54) is 6.33 Å². The van der Waals surface area contributed by atoms with Crippen LogP contribution in [0.5, 0.6) is 0 Å². The van der Waals surface area contributed by atoms with Gasteiger partial charge in [-0.3, -0.25) is 9.36 Å². The van der Waals surface area contributed by atoms with Crippen LogP contribution in [0.15, 0.2) is 37.1 Å². The molecule has 0 fully saturated rings. The first kappa shape index (κ1) is 18.5. The van der Waals surface area contributed by atoms with E-state index in [-0.39, 0.29) is 11.9 Å². The normalized spacial score (nSPS) is 11.2. The lowest BCUT2D eigenvalue weighted by atomic mass is 10.3. The van der Waals surface area contributed by atoms with Crippen LogP contribution in [0.3, 0.4) is 0 Å². The fourth-order valence-corrected chi connectivity index (χ4v) is 3.19. The zero-order valence-corrected chi connectivity index (χ0v) is 16.6. The molecule has 4 aromatic heterocycles. The summed E-state index contributed by atoms with van der Waals surface area (Å²) in [6.45, 7) is 6.23. The Bertz CT molecular complexity index is 1190. The van der Waals surface area contributed by atoms with E-state index in [0.29, 0.717) is 23.3 Å². The Balaban J connectivity index is 1.63. The largest absolute Gasteiger partial charge is 0.354 e. The van der Waals surface area contributed by atoms with E-state index in [4.69, 9.17) is 0 Å². The fourth-order valence-electron chi connectivity index (χ4n) is 3.19. The summed E-state index contributed by atoms with van der Waals surface area (Å²) >= 11 is 0. The summed E-state index contributed by atoms with van der Waals surface area (Å²) in [5, 5.41) is 5.74. The van der Waals surface area contributed by atoms with Gasteiger partial charge in [0.05, 0.1) is 11.7 Å². The quantitative estimate of drug-likeness (QED) is 0.537. The van der Waals surface area contributed by atoms with Crippen LogP contribution in [0.1, 0.15) is 36.2 Å². The van der Waals surface area contributed by atoms with E-state index >= 15 is 0 Å². The molecule has 0 aromatic carbocycles. The Morgan fingerprint density at radius 3 is 2.72 bits per heavy atom. The summed E-state index contributed by atoms with van der Waals surface area (Å²) in [5.41, 5.74) is 2.15. The predicted molar refractivity (Wildman–Crippen MR) is 108 cm³/mol. The van der Waals surface area contributed by atoms with Crippen molar-refractivity contribution in [2.24, 2.45) is 0 Å². The summed E-state index contributed by atoms with van der Waals surface area (Å²) in [6, 6.07) is 3.99. The van der Waals surface area contributed by atoms with Crippen molar-refractivity contribution in [3.8, 4) is 5.95 Å². The summed E-state index contributed by atoms with van der Waals surface area (Å²) in [4.78, 5) is 33.5. The van der Waals surface area contributed by atoms with Gasteiger partial charge in [0.2, 0.25) is 5.95 Å². The van der Waals surface area contributed by atoms with Gasteiger partial charge in [0.1, 0.15) is 35.0 Å². The van der Waals surface area contributed by atoms with Crippen molar-refractivity contribution in [2.45, 2.75) is 26.8 Å². The lowest BCUT2D eigenvalue weighted by Gasteiger charge is -2.11. The molecule has 10 nitrogen and oxygen atoms in total. The third kappa shape index (κ3) is 3.51. The topological polar surface area (TPSA) is 115 Å². The van der Waals surface area contributed by atoms with Gasteiger partial charge in [0, 0.05) is 31.5 Å².